The highest BCUT2D eigenvalue weighted by molar-refractivity contribution is 7.89. The van der Waals surface area contributed by atoms with E-state index in [1.165, 1.54) is 0 Å². The molecule has 0 saturated carbocycles. The van der Waals surface area contributed by atoms with E-state index in [1.54, 1.807) is 28.6 Å². The van der Waals surface area contributed by atoms with Crippen LogP contribution in [-0.2, 0) is 10.0 Å². The highest BCUT2D eigenvalue weighted by atomic mass is 35.5. The van der Waals surface area contributed by atoms with Crippen LogP contribution in [-0.4, -0.2) is 37.9 Å². The molecule has 1 N–H and O–H groups in total. The summed E-state index contributed by atoms with van der Waals surface area (Å²) in [6.45, 7) is 1.90. The monoisotopic (exact) mass is 312 g/mol. The first kappa shape index (κ1) is 13.1. The summed E-state index contributed by atoms with van der Waals surface area (Å²) in [6.07, 6.45) is 1.99. The lowest BCUT2D eigenvalue weighted by molar-refractivity contribution is 0.354. The lowest BCUT2D eigenvalue weighted by Crippen LogP contribution is -2.39. The fourth-order valence-electron chi connectivity index (χ4n) is 4.32. The average molecular weight is 313 g/mol. The number of hydrogen-bond donors (Lipinski definition) is 1. The van der Waals surface area contributed by atoms with E-state index in [1.807, 2.05) is 0 Å². The van der Waals surface area contributed by atoms with Crippen molar-refractivity contribution in [3.8, 4) is 0 Å². The second-order valence-electron chi connectivity index (χ2n) is 5.99. The predicted octanol–water partition coefficient (Wildman–Crippen LogP) is 1.71. The Kier molecular flexibility index (Phi) is 2.90. The number of hydrogen-bond acceptors (Lipinski definition) is 3. The lowest BCUT2D eigenvalue weighted by Gasteiger charge is -2.24. The molecule has 3 aliphatic heterocycles. The number of rotatable bonds is 2. The van der Waals surface area contributed by atoms with Crippen molar-refractivity contribution in [2.75, 3.05) is 13.1 Å². The Morgan fingerprint density at radius 3 is 2.40 bits per heavy atom. The van der Waals surface area contributed by atoms with Crippen molar-refractivity contribution in [3.05, 3.63) is 29.3 Å². The highest BCUT2D eigenvalue weighted by Crippen LogP contribution is 2.49. The minimum absolute atomic E-state index is 0.170. The molecule has 20 heavy (non-hydrogen) atoms. The van der Waals surface area contributed by atoms with Gasteiger partial charge in [-0.1, -0.05) is 17.7 Å². The summed E-state index contributed by atoms with van der Waals surface area (Å²) >= 11 is 5.95. The molecule has 4 atom stereocenters. The van der Waals surface area contributed by atoms with E-state index in [9.17, 15) is 8.42 Å². The Morgan fingerprint density at radius 1 is 1.15 bits per heavy atom. The second-order valence-corrected chi connectivity index (χ2v) is 8.27. The van der Waals surface area contributed by atoms with Crippen molar-refractivity contribution < 1.29 is 8.42 Å². The molecule has 4 rings (SSSR count). The number of sulfonamides is 1. The highest BCUT2D eigenvalue weighted by Gasteiger charge is 2.58. The van der Waals surface area contributed by atoms with Gasteiger partial charge in [-0.15, -0.1) is 0 Å². The van der Waals surface area contributed by atoms with Crippen molar-refractivity contribution in [3.63, 3.8) is 0 Å². The van der Waals surface area contributed by atoms with E-state index in [-0.39, 0.29) is 12.1 Å². The van der Waals surface area contributed by atoms with Gasteiger partial charge in [0.05, 0.1) is 4.90 Å². The van der Waals surface area contributed by atoms with Crippen molar-refractivity contribution >= 4 is 21.6 Å². The van der Waals surface area contributed by atoms with Crippen molar-refractivity contribution in [1.82, 2.24) is 9.62 Å². The Balaban J connectivity index is 1.75. The summed E-state index contributed by atoms with van der Waals surface area (Å²) in [5.41, 5.74) is 0. The van der Waals surface area contributed by atoms with Crippen molar-refractivity contribution in [2.24, 2.45) is 11.8 Å². The quantitative estimate of drug-likeness (QED) is 0.904. The van der Waals surface area contributed by atoms with Crippen LogP contribution in [0.4, 0.5) is 0 Å². The minimum Gasteiger partial charge on any atom is -0.316 e. The van der Waals surface area contributed by atoms with Gasteiger partial charge in [-0.25, -0.2) is 8.42 Å². The Hall–Kier alpha value is -0.620. The summed E-state index contributed by atoms with van der Waals surface area (Å²) in [6, 6.07) is 6.95. The number of nitrogens with zero attached hydrogens (tertiary/aromatic N) is 1. The van der Waals surface area contributed by atoms with Gasteiger partial charge in [0.15, 0.2) is 0 Å². The van der Waals surface area contributed by atoms with E-state index < -0.39 is 10.0 Å². The van der Waals surface area contributed by atoms with E-state index in [0.717, 1.165) is 25.9 Å². The van der Waals surface area contributed by atoms with Crippen LogP contribution in [0.15, 0.2) is 29.2 Å². The van der Waals surface area contributed by atoms with E-state index >= 15 is 0 Å². The molecule has 3 fully saturated rings. The fourth-order valence-corrected chi connectivity index (χ4v) is 6.58. The van der Waals surface area contributed by atoms with Gasteiger partial charge in [-0.05, 0) is 56.0 Å². The first-order chi connectivity index (χ1) is 9.59. The summed E-state index contributed by atoms with van der Waals surface area (Å²) in [7, 11) is -3.42. The molecule has 6 heteroatoms. The van der Waals surface area contributed by atoms with E-state index in [0.29, 0.717) is 21.8 Å². The van der Waals surface area contributed by atoms with Gasteiger partial charge in [0.2, 0.25) is 10.0 Å². The van der Waals surface area contributed by atoms with Gasteiger partial charge in [0.1, 0.15) is 0 Å². The first-order valence-corrected chi connectivity index (χ1v) is 8.90. The standard InChI is InChI=1S/C14H17ClN2O2S/c15-9-2-1-3-10(6-9)20(18,19)17-13-4-5-14(17)12-8-16-7-11(12)13/h1-3,6,11-14,16H,4-5,7-8H2/t11-,12+,13-,14+. The third kappa shape index (κ3) is 1.70. The third-order valence-electron chi connectivity index (χ3n) is 5.08. The number of fused-ring (bicyclic) bond motifs is 5. The molecule has 0 spiro atoms. The molecule has 2 bridgehead atoms. The van der Waals surface area contributed by atoms with Crippen LogP contribution in [0.2, 0.25) is 5.02 Å². The molecule has 1 aromatic rings. The van der Waals surface area contributed by atoms with E-state index in [4.69, 9.17) is 11.6 Å². The molecule has 0 radical (unpaired) electrons. The predicted molar refractivity (Wildman–Crippen MR) is 77.1 cm³/mol. The molecule has 108 valence electrons. The van der Waals surface area contributed by atoms with Crippen LogP contribution in [0.5, 0.6) is 0 Å². The largest absolute Gasteiger partial charge is 0.316 e. The maximum Gasteiger partial charge on any atom is 0.243 e. The third-order valence-corrected chi connectivity index (χ3v) is 7.26. The van der Waals surface area contributed by atoms with Crippen LogP contribution >= 0.6 is 11.6 Å². The molecular weight excluding hydrogens is 296 g/mol. The van der Waals surface area contributed by atoms with Crippen molar-refractivity contribution in [2.45, 2.75) is 29.8 Å². The van der Waals surface area contributed by atoms with Gasteiger partial charge in [-0.3, -0.25) is 0 Å². The number of nitrogens with one attached hydrogen (secondary N) is 1. The van der Waals surface area contributed by atoms with Crippen LogP contribution in [0, 0.1) is 11.8 Å². The van der Waals surface area contributed by atoms with Gasteiger partial charge in [0, 0.05) is 17.1 Å². The molecule has 1 aromatic carbocycles. The number of benzene rings is 1. The molecule has 3 aliphatic rings. The molecule has 3 saturated heterocycles. The average Bonchev–Trinajstić information content (AvgIpc) is 3.10. The van der Waals surface area contributed by atoms with Gasteiger partial charge >= 0.3 is 0 Å². The van der Waals surface area contributed by atoms with Crippen LogP contribution in [0.25, 0.3) is 0 Å². The normalized spacial score (nSPS) is 36.5. The molecule has 0 unspecified atom stereocenters. The molecule has 0 aromatic heterocycles. The van der Waals surface area contributed by atoms with E-state index in [2.05, 4.69) is 5.32 Å². The number of halogens is 1. The maximum atomic E-state index is 12.9. The molecule has 4 nitrogen and oxygen atoms in total. The summed E-state index contributed by atoms with van der Waals surface area (Å²) in [4.78, 5) is 0.329. The summed E-state index contributed by atoms with van der Waals surface area (Å²) in [5, 5.41) is 3.88. The Morgan fingerprint density at radius 2 is 1.80 bits per heavy atom. The van der Waals surface area contributed by atoms with Crippen molar-refractivity contribution in [1.29, 1.82) is 0 Å². The first-order valence-electron chi connectivity index (χ1n) is 7.09. The molecule has 3 heterocycles. The smallest absolute Gasteiger partial charge is 0.243 e. The SMILES string of the molecule is O=S(=O)(c1cccc(Cl)c1)N1[C@@H]2CC[C@H]1[C@H]1CNC[C@H]12. The molecule has 0 aliphatic carbocycles. The van der Waals surface area contributed by atoms with Gasteiger partial charge < -0.3 is 5.32 Å². The Bertz CT molecular complexity index is 630. The minimum atomic E-state index is -3.42. The summed E-state index contributed by atoms with van der Waals surface area (Å²) < 4.78 is 27.6. The zero-order chi connectivity index (χ0) is 13.9. The zero-order valence-corrected chi connectivity index (χ0v) is 12.6. The lowest BCUT2D eigenvalue weighted by atomic mass is 9.82. The van der Waals surface area contributed by atoms with Crippen LogP contribution in [0.1, 0.15) is 12.8 Å². The topological polar surface area (TPSA) is 49.4 Å². The van der Waals surface area contributed by atoms with Gasteiger partial charge in [-0.2, -0.15) is 4.31 Å². The summed E-state index contributed by atoms with van der Waals surface area (Å²) in [5.74, 6) is 0.977. The second kappa shape index (κ2) is 4.44. The van der Waals surface area contributed by atoms with Crippen LogP contribution < -0.4 is 5.32 Å². The molecular formula is C14H17ClN2O2S. The maximum absolute atomic E-state index is 12.9. The van der Waals surface area contributed by atoms with Crippen LogP contribution in [0.3, 0.4) is 0 Å². The fraction of sp³-hybridized carbons (Fsp3) is 0.571. The van der Waals surface area contributed by atoms with Gasteiger partial charge in [0.25, 0.3) is 0 Å². The zero-order valence-electron chi connectivity index (χ0n) is 11.0. The Labute approximate surface area is 124 Å². The molecule has 0 amide bonds.